The molecule has 4 nitrogen and oxygen atoms in total. The lowest BCUT2D eigenvalue weighted by Gasteiger charge is -2.37. The van der Waals surface area contributed by atoms with E-state index in [-0.39, 0.29) is 12.2 Å². The van der Waals surface area contributed by atoms with Crippen molar-refractivity contribution >= 4 is 0 Å². The van der Waals surface area contributed by atoms with Gasteiger partial charge in [0.15, 0.2) is 0 Å². The van der Waals surface area contributed by atoms with Gasteiger partial charge in [0.2, 0.25) is 0 Å². The molecule has 0 amide bonds. The predicted octanol–water partition coefficient (Wildman–Crippen LogP) is 0.584. The lowest BCUT2D eigenvalue weighted by atomic mass is 9.99. The Morgan fingerprint density at radius 2 is 2.19 bits per heavy atom. The molecule has 4 heteroatoms. The number of likely N-dealkylation sites (tertiary alicyclic amines) is 1. The zero-order chi connectivity index (χ0) is 12.1. The molecule has 1 rings (SSSR count). The van der Waals surface area contributed by atoms with E-state index in [0.29, 0.717) is 25.2 Å². The summed E-state index contributed by atoms with van der Waals surface area (Å²) in [5.41, 5.74) is 5.90. The first-order valence-corrected chi connectivity index (χ1v) is 6.28. The first kappa shape index (κ1) is 13.9. The summed E-state index contributed by atoms with van der Waals surface area (Å²) in [7, 11) is 0. The van der Waals surface area contributed by atoms with Crippen molar-refractivity contribution in [1.82, 2.24) is 4.90 Å². The second-order valence-electron chi connectivity index (χ2n) is 5.16. The number of β-amino-alcohol motifs (C(OH)–C–C–N with tert-alkyl or cyclic N) is 1. The minimum absolute atomic E-state index is 0.182. The van der Waals surface area contributed by atoms with Crippen LogP contribution in [0.5, 0.6) is 0 Å². The van der Waals surface area contributed by atoms with Crippen molar-refractivity contribution in [2.75, 3.05) is 19.7 Å². The minimum atomic E-state index is -0.390. The van der Waals surface area contributed by atoms with Crippen LogP contribution in [0.15, 0.2) is 0 Å². The van der Waals surface area contributed by atoms with Gasteiger partial charge in [0.05, 0.1) is 18.8 Å². The topological polar surface area (TPSA) is 58.7 Å². The molecule has 1 aliphatic rings. The number of nitrogens with zero attached hydrogens (tertiary/aromatic N) is 1. The summed E-state index contributed by atoms with van der Waals surface area (Å²) >= 11 is 0. The van der Waals surface area contributed by atoms with E-state index in [1.807, 2.05) is 13.8 Å². The quantitative estimate of drug-likeness (QED) is 0.725. The Morgan fingerprint density at radius 3 is 2.75 bits per heavy atom. The van der Waals surface area contributed by atoms with Crippen LogP contribution < -0.4 is 5.73 Å². The van der Waals surface area contributed by atoms with Gasteiger partial charge in [-0.2, -0.15) is 0 Å². The third kappa shape index (κ3) is 4.78. The van der Waals surface area contributed by atoms with E-state index in [9.17, 15) is 5.11 Å². The largest absolute Gasteiger partial charge is 0.389 e. The van der Waals surface area contributed by atoms with Gasteiger partial charge in [-0.3, -0.25) is 4.90 Å². The highest BCUT2D eigenvalue weighted by Crippen LogP contribution is 2.16. The molecule has 0 aliphatic carbocycles. The molecule has 3 N–H and O–H groups in total. The summed E-state index contributed by atoms with van der Waals surface area (Å²) < 4.78 is 5.40. The molecule has 3 atom stereocenters. The van der Waals surface area contributed by atoms with Crippen molar-refractivity contribution in [3.8, 4) is 0 Å². The molecular weight excluding hydrogens is 204 g/mol. The first-order valence-electron chi connectivity index (χ1n) is 6.28. The van der Waals surface area contributed by atoms with Gasteiger partial charge in [-0.1, -0.05) is 0 Å². The fraction of sp³-hybridized carbons (Fsp3) is 1.00. The summed E-state index contributed by atoms with van der Waals surface area (Å²) in [5.74, 6) is 0. The average Bonchev–Trinajstić information content (AvgIpc) is 2.19. The predicted molar refractivity (Wildman–Crippen MR) is 65.3 cm³/mol. The molecular formula is C12H26N2O2. The SMILES string of the molecule is CC(C)OCC(O)CN1CCC(N)CC1C. The molecule has 1 aliphatic heterocycles. The highest BCUT2D eigenvalue weighted by molar-refractivity contribution is 4.82. The Balaban J connectivity index is 2.25. The number of ether oxygens (including phenoxy) is 1. The van der Waals surface area contributed by atoms with Crippen LogP contribution in [0.25, 0.3) is 0 Å². The molecule has 16 heavy (non-hydrogen) atoms. The van der Waals surface area contributed by atoms with Crippen LogP contribution in [0.2, 0.25) is 0 Å². The Hall–Kier alpha value is -0.160. The zero-order valence-corrected chi connectivity index (χ0v) is 10.7. The van der Waals surface area contributed by atoms with Crippen LogP contribution in [-0.4, -0.2) is 54.0 Å². The van der Waals surface area contributed by atoms with Crippen molar-refractivity contribution in [1.29, 1.82) is 0 Å². The van der Waals surface area contributed by atoms with E-state index in [2.05, 4.69) is 11.8 Å². The fourth-order valence-corrected chi connectivity index (χ4v) is 2.16. The van der Waals surface area contributed by atoms with Crippen LogP contribution >= 0.6 is 0 Å². The molecule has 3 unspecified atom stereocenters. The van der Waals surface area contributed by atoms with E-state index in [4.69, 9.17) is 10.5 Å². The van der Waals surface area contributed by atoms with Gasteiger partial charge in [0.25, 0.3) is 0 Å². The average molecular weight is 230 g/mol. The fourth-order valence-electron chi connectivity index (χ4n) is 2.16. The van der Waals surface area contributed by atoms with E-state index >= 15 is 0 Å². The summed E-state index contributed by atoms with van der Waals surface area (Å²) in [6, 6.07) is 0.799. The third-order valence-electron chi connectivity index (χ3n) is 3.12. The number of aliphatic hydroxyl groups is 1. The maximum Gasteiger partial charge on any atom is 0.0900 e. The Bertz CT molecular complexity index is 199. The van der Waals surface area contributed by atoms with Crippen molar-refractivity contribution in [3.05, 3.63) is 0 Å². The van der Waals surface area contributed by atoms with Crippen LogP contribution in [-0.2, 0) is 4.74 Å². The number of piperidine rings is 1. The number of hydrogen-bond acceptors (Lipinski definition) is 4. The molecule has 0 aromatic rings. The highest BCUT2D eigenvalue weighted by Gasteiger charge is 2.24. The van der Waals surface area contributed by atoms with Gasteiger partial charge < -0.3 is 15.6 Å². The van der Waals surface area contributed by atoms with Gasteiger partial charge in [-0.15, -0.1) is 0 Å². The molecule has 1 saturated heterocycles. The Kier molecular flexibility index (Phi) is 5.69. The summed E-state index contributed by atoms with van der Waals surface area (Å²) in [4.78, 5) is 2.30. The van der Waals surface area contributed by atoms with Gasteiger partial charge in [-0.05, 0) is 40.2 Å². The van der Waals surface area contributed by atoms with Crippen molar-refractivity contribution in [2.45, 2.75) is 57.9 Å². The first-order chi connectivity index (χ1) is 7.49. The normalized spacial score (nSPS) is 29.6. The highest BCUT2D eigenvalue weighted by atomic mass is 16.5. The summed E-state index contributed by atoms with van der Waals surface area (Å²) in [5, 5.41) is 9.84. The van der Waals surface area contributed by atoms with Crippen molar-refractivity contribution in [3.63, 3.8) is 0 Å². The zero-order valence-electron chi connectivity index (χ0n) is 10.7. The summed E-state index contributed by atoms with van der Waals surface area (Å²) in [6.45, 7) is 8.24. The standard InChI is InChI=1S/C12H26N2O2/c1-9(2)16-8-12(15)7-14-5-4-11(13)6-10(14)3/h9-12,15H,4-8,13H2,1-3H3. The van der Waals surface area contributed by atoms with Gasteiger partial charge in [-0.25, -0.2) is 0 Å². The molecule has 0 bridgehead atoms. The van der Waals surface area contributed by atoms with Crippen LogP contribution in [0.3, 0.4) is 0 Å². The Morgan fingerprint density at radius 1 is 1.50 bits per heavy atom. The summed E-state index contributed by atoms with van der Waals surface area (Å²) in [6.07, 6.45) is 1.85. The number of aliphatic hydroxyl groups excluding tert-OH is 1. The molecule has 96 valence electrons. The van der Waals surface area contributed by atoms with E-state index in [1.54, 1.807) is 0 Å². The van der Waals surface area contributed by atoms with Gasteiger partial charge >= 0.3 is 0 Å². The number of rotatable bonds is 5. The molecule has 0 saturated carbocycles. The van der Waals surface area contributed by atoms with Gasteiger partial charge in [0.1, 0.15) is 0 Å². The molecule has 0 spiro atoms. The molecule has 0 aromatic heterocycles. The molecule has 0 radical (unpaired) electrons. The second kappa shape index (κ2) is 6.55. The lowest BCUT2D eigenvalue weighted by molar-refractivity contribution is -0.0179. The van der Waals surface area contributed by atoms with Crippen LogP contribution in [0, 0.1) is 0 Å². The lowest BCUT2D eigenvalue weighted by Crippen LogP contribution is -2.48. The monoisotopic (exact) mass is 230 g/mol. The van der Waals surface area contributed by atoms with E-state index < -0.39 is 0 Å². The molecule has 0 aromatic carbocycles. The number of hydrogen-bond donors (Lipinski definition) is 2. The second-order valence-corrected chi connectivity index (χ2v) is 5.16. The molecule has 1 heterocycles. The van der Waals surface area contributed by atoms with Gasteiger partial charge in [0, 0.05) is 18.6 Å². The maximum absolute atomic E-state index is 9.84. The number of nitrogens with two attached hydrogens (primary N) is 1. The van der Waals surface area contributed by atoms with Crippen molar-refractivity contribution < 1.29 is 9.84 Å². The van der Waals surface area contributed by atoms with Crippen LogP contribution in [0.4, 0.5) is 0 Å². The van der Waals surface area contributed by atoms with Crippen LogP contribution in [0.1, 0.15) is 33.6 Å². The Labute approximate surface area is 98.8 Å². The minimum Gasteiger partial charge on any atom is -0.389 e. The van der Waals surface area contributed by atoms with Crippen molar-refractivity contribution in [2.24, 2.45) is 5.73 Å². The molecule has 1 fully saturated rings. The van der Waals surface area contributed by atoms with E-state index in [0.717, 1.165) is 19.4 Å². The van der Waals surface area contributed by atoms with E-state index in [1.165, 1.54) is 0 Å². The third-order valence-corrected chi connectivity index (χ3v) is 3.12. The maximum atomic E-state index is 9.84. The smallest absolute Gasteiger partial charge is 0.0900 e.